The van der Waals surface area contributed by atoms with Crippen LogP contribution in [-0.4, -0.2) is 108 Å². The number of nitrogens with zero attached hydrogens (tertiary/aromatic N) is 10. The fraction of sp³-hybridized carbons (Fsp3) is 0.0980. The van der Waals surface area contributed by atoms with Crippen molar-refractivity contribution in [2.24, 2.45) is 20.5 Å². The van der Waals surface area contributed by atoms with E-state index in [0.717, 1.165) is 66.2 Å². The van der Waals surface area contributed by atoms with E-state index in [-0.39, 0.29) is 220 Å². The Hall–Kier alpha value is -5.76. The van der Waals surface area contributed by atoms with Crippen molar-refractivity contribution in [1.29, 1.82) is 0 Å². The summed E-state index contributed by atoms with van der Waals surface area (Å²) >= 11 is 12.9. The molecule has 9 rings (SSSR count). The van der Waals surface area contributed by atoms with Gasteiger partial charge in [-0.05, 0) is 96.4 Å². The van der Waals surface area contributed by atoms with Crippen LogP contribution in [0.5, 0.6) is 11.5 Å². The molecular weight excluding hydrogens is 1380 g/mol. The fourth-order valence-corrected chi connectivity index (χ4v) is 11.6. The van der Waals surface area contributed by atoms with E-state index < -0.39 is 82.6 Å². The molecule has 0 bridgehead atoms. The Morgan fingerprint density at radius 3 is 1.12 bits per heavy atom. The van der Waals surface area contributed by atoms with Crippen molar-refractivity contribution in [1.82, 2.24) is 29.9 Å². The standard InChI is InChI=1S/C51H42Cl2N16O16S4.4Na/c1-23-12-13-32(56-48-60-46(52)62-50(64-48)58-38-19-34(54-24(2)70)36(21-40(38)84-4)68-66-26-15-30-28(44(17-26)88(78,79)80)8-6-10-42(30)86(72,73)74)33(14-23)57-49-61-47(53)63-51(65-49)59-39-20-35(55-25(3)71)37(22-41(39)85-5)69-67-27-16-31-29(45(18-27)89(81,82)83)9-7-11-43(31)87(75,76)77;;;;/h6-22H,1-5H3,(H,54,70)(H,55,71)(H,72,73,74)(H,75,76,77)(H,78,79,80)(H,81,82,83)(H2,56,58,60,62,64)(H2,57,59,61,63,65);;;;/q;4*+1/p-4. The number of hydrogen-bond donors (Lipinski definition) is 6. The molecule has 2 amide bonds. The van der Waals surface area contributed by atoms with Crippen LogP contribution in [0.3, 0.4) is 0 Å². The number of aryl methyl sites for hydroxylation is 1. The van der Waals surface area contributed by atoms with Crippen molar-refractivity contribution in [2.75, 3.05) is 46.1 Å². The zero-order valence-corrected chi connectivity index (χ0v) is 62.5. The van der Waals surface area contributed by atoms with E-state index in [1.807, 2.05) is 0 Å². The van der Waals surface area contributed by atoms with Crippen molar-refractivity contribution < 1.29 is 189 Å². The van der Waals surface area contributed by atoms with Gasteiger partial charge in [0.2, 0.25) is 46.2 Å². The Labute approximate surface area is 627 Å². The molecule has 0 aliphatic rings. The molecule has 0 unspecified atom stereocenters. The Kier molecular flexibility index (Phi) is 26.7. The van der Waals surface area contributed by atoms with Crippen LogP contribution in [0.25, 0.3) is 21.5 Å². The van der Waals surface area contributed by atoms with Crippen LogP contribution in [0, 0.1) is 6.92 Å². The van der Waals surface area contributed by atoms with E-state index >= 15 is 0 Å². The molecule has 7 aromatic carbocycles. The summed E-state index contributed by atoms with van der Waals surface area (Å²) in [5.74, 6) is -1.74. The first kappa shape index (κ1) is 77.9. The van der Waals surface area contributed by atoms with E-state index in [4.69, 9.17) is 32.7 Å². The van der Waals surface area contributed by atoms with Gasteiger partial charge in [0.1, 0.15) is 63.3 Å². The van der Waals surface area contributed by atoms with E-state index in [1.54, 1.807) is 25.1 Å². The number of hydrogen-bond acceptors (Lipinski definition) is 30. The summed E-state index contributed by atoms with van der Waals surface area (Å²) in [4.78, 5) is 47.2. The van der Waals surface area contributed by atoms with Gasteiger partial charge in [-0.25, -0.2) is 33.7 Å². The summed E-state index contributed by atoms with van der Waals surface area (Å²) < 4.78 is 158. The summed E-state index contributed by atoms with van der Waals surface area (Å²) in [6, 6.07) is 20.4. The molecule has 0 aliphatic heterocycles. The fourth-order valence-electron chi connectivity index (χ4n) is 8.50. The van der Waals surface area contributed by atoms with Crippen molar-refractivity contribution >= 4 is 178 Å². The number of rotatable bonds is 20. The predicted molar refractivity (Wildman–Crippen MR) is 317 cm³/mol. The molecule has 0 saturated heterocycles. The second kappa shape index (κ2) is 31.9. The molecule has 0 aliphatic carbocycles. The maximum Gasteiger partial charge on any atom is 1.00 e. The molecule has 6 N–H and O–H groups in total. The quantitative estimate of drug-likeness (QED) is 0.0258. The number of carbonyl (C=O) groups excluding carboxylic acids is 2. The summed E-state index contributed by atoms with van der Waals surface area (Å²) in [5, 5.41) is 31.3. The van der Waals surface area contributed by atoms with E-state index in [1.165, 1.54) is 52.3 Å². The summed E-state index contributed by atoms with van der Waals surface area (Å²) in [7, 11) is -18.3. The first-order chi connectivity index (χ1) is 41.8. The van der Waals surface area contributed by atoms with Crippen molar-refractivity contribution in [3.63, 3.8) is 0 Å². The third-order valence-corrected chi connectivity index (χ3v) is 15.9. The van der Waals surface area contributed by atoms with Gasteiger partial charge in [-0.2, -0.15) is 40.1 Å². The summed E-state index contributed by atoms with van der Waals surface area (Å²) in [5.41, 5.74) is 0.591. The molecule has 0 radical (unpaired) electrons. The van der Waals surface area contributed by atoms with Crippen LogP contribution >= 0.6 is 23.2 Å². The normalized spacial score (nSPS) is 11.6. The number of ether oxygens (including phenoxy) is 2. The number of carbonyl (C=O) groups is 2. The van der Waals surface area contributed by atoms with Crippen LogP contribution in [-0.2, 0) is 50.1 Å². The average Bonchev–Trinajstić information content (AvgIpc) is 1.50. The van der Waals surface area contributed by atoms with Crippen LogP contribution in [0.2, 0.25) is 10.6 Å². The maximum absolute atomic E-state index is 12.5. The number of halogens is 2. The molecule has 0 fully saturated rings. The molecule has 0 atom stereocenters. The zero-order chi connectivity index (χ0) is 64.5. The largest absolute Gasteiger partial charge is 1.00 e. The summed E-state index contributed by atoms with van der Waals surface area (Å²) in [6.07, 6.45) is 0. The third-order valence-electron chi connectivity index (χ3n) is 12.1. The first-order valence-electron chi connectivity index (χ1n) is 24.7. The Morgan fingerprint density at radius 2 is 0.774 bits per heavy atom. The van der Waals surface area contributed by atoms with Gasteiger partial charge in [0.25, 0.3) is 0 Å². The van der Waals surface area contributed by atoms with Crippen molar-refractivity contribution in [3.8, 4) is 11.5 Å². The van der Waals surface area contributed by atoms with Gasteiger partial charge in [-0.1, -0.05) is 30.3 Å². The maximum atomic E-state index is 12.5. The molecule has 42 heteroatoms. The molecule has 460 valence electrons. The molecule has 9 aromatic rings. The number of amides is 2. The monoisotopic (exact) mass is 1420 g/mol. The van der Waals surface area contributed by atoms with Crippen LogP contribution in [0.15, 0.2) is 143 Å². The average molecular weight is 1420 g/mol. The van der Waals surface area contributed by atoms with Crippen LogP contribution in [0.1, 0.15) is 19.4 Å². The van der Waals surface area contributed by atoms with Gasteiger partial charge in [-0.3, -0.25) is 9.59 Å². The van der Waals surface area contributed by atoms with Gasteiger partial charge in [-0.15, -0.1) is 10.2 Å². The number of fused-ring (bicyclic) bond motifs is 2. The van der Waals surface area contributed by atoms with Crippen molar-refractivity contribution in [2.45, 2.75) is 40.4 Å². The Bertz CT molecular complexity index is 5000. The number of benzene rings is 7. The van der Waals surface area contributed by atoms with Gasteiger partial charge >= 0.3 is 118 Å². The number of aromatic nitrogens is 6. The van der Waals surface area contributed by atoms with Gasteiger partial charge < -0.3 is 59.6 Å². The van der Waals surface area contributed by atoms with E-state index in [2.05, 4.69) is 82.3 Å². The van der Waals surface area contributed by atoms with Crippen molar-refractivity contribution in [3.05, 3.63) is 119 Å². The molecule has 2 aromatic heterocycles. The molecular formula is C51H38Cl2N16Na4O16S4. The van der Waals surface area contributed by atoms with Crippen LogP contribution in [0.4, 0.5) is 80.7 Å². The zero-order valence-electron chi connectivity index (χ0n) is 49.7. The third kappa shape index (κ3) is 19.5. The first-order valence-corrected chi connectivity index (χ1v) is 31.0. The number of anilines is 10. The number of methoxy groups -OCH3 is 2. The van der Waals surface area contributed by atoms with Gasteiger partial charge in [0.05, 0.1) is 79.3 Å². The topological polar surface area (TPSA) is 480 Å². The number of azo groups is 2. The van der Waals surface area contributed by atoms with Gasteiger partial charge in [0.15, 0.2) is 0 Å². The molecule has 0 spiro atoms. The smallest absolute Gasteiger partial charge is 0.744 e. The minimum atomic E-state index is -5.27. The van der Waals surface area contributed by atoms with Crippen LogP contribution < -0.4 is 160 Å². The summed E-state index contributed by atoms with van der Waals surface area (Å²) in [6.45, 7) is 4.16. The molecule has 0 saturated carbocycles. The van der Waals surface area contributed by atoms with E-state index in [0.29, 0.717) is 11.4 Å². The Morgan fingerprint density at radius 1 is 0.419 bits per heavy atom. The minimum Gasteiger partial charge on any atom is -0.744 e. The number of nitrogens with one attached hydrogen (secondary N) is 6. The second-order valence-corrected chi connectivity index (χ2v) is 24.4. The van der Waals surface area contributed by atoms with Gasteiger partial charge in [0, 0.05) is 47.5 Å². The molecule has 32 nitrogen and oxygen atoms in total. The van der Waals surface area contributed by atoms with E-state index in [9.17, 15) is 61.5 Å². The molecule has 2 heterocycles. The Balaban J connectivity index is 0.00000392. The SMILES string of the molecule is COc1cc(N=Nc2cc(S(=O)(=O)[O-])c3cccc(S(=O)(=O)[O-])c3c2)c(NC(C)=O)cc1Nc1nc(Cl)nc(Nc2ccc(C)cc2Nc2nc(Cl)nc(Nc3cc(NC(C)=O)c(N=Nc4cc(S(=O)(=O)[O-])c5cccc(S(=O)(=O)[O-])c5c4)cc3OC)n2)n1.[Na+].[Na+].[Na+].[Na+]. The minimum absolute atomic E-state index is 0. The second-order valence-electron chi connectivity index (χ2n) is 18.4. The molecule has 93 heavy (non-hydrogen) atoms. The predicted octanol–water partition coefficient (Wildman–Crippen LogP) is -2.65.